The van der Waals surface area contributed by atoms with Gasteiger partial charge in [-0.2, -0.15) is 0 Å². The molecule has 0 saturated carbocycles. The number of aryl methyl sites for hydroxylation is 1. The third kappa shape index (κ3) is 5.67. The summed E-state index contributed by atoms with van der Waals surface area (Å²) in [7, 11) is -0.579. The molecule has 0 bridgehead atoms. The zero-order chi connectivity index (χ0) is 23.3. The molecular weight excluding hydrogens is 451 g/mol. The van der Waals surface area contributed by atoms with Crippen LogP contribution < -0.4 is 5.32 Å². The molecule has 1 aromatic heterocycles. The summed E-state index contributed by atoms with van der Waals surface area (Å²) in [5, 5.41) is 3.49. The van der Waals surface area contributed by atoms with E-state index in [2.05, 4.69) is 17.2 Å². The monoisotopic (exact) mass is 478 g/mol. The number of aromatic nitrogens is 2. The minimum Gasteiger partial charge on any atom is -0.351 e. The molecule has 0 aliphatic heterocycles. The van der Waals surface area contributed by atoms with Crippen LogP contribution in [0.25, 0.3) is 11.0 Å². The highest BCUT2D eigenvalue weighted by Crippen LogP contribution is 2.27. The SMILES string of the molecule is CCCCn1c(SCC(=O)NCc2ccc(F)cc2)nc2cc(S(=O)(=O)N(C)C)ccc21. The van der Waals surface area contributed by atoms with Crippen molar-refractivity contribution in [3.63, 3.8) is 0 Å². The van der Waals surface area contributed by atoms with Crippen LogP contribution in [0, 0.1) is 5.82 Å². The molecule has 1 amide bonds. The van der Waals surface area contributed by atoms with Crippen molar-refractivity contribution in [3.8, 4) is 0 Å². The molecule has 0 atom stereocenters. The summed E-state index contributed by atoms with van der Waals surface area (Å²) in [6.45, 7) is 3.14. The first-order chi connectivity index (χ1) is 15.2. The fraction of sp³-hybridized carbons (Fsp3) is 0.364. The minimum absolute atomic E-state index is 0.163. The zero-order valence-corrected chi connectivity index (χ0v) is 20.0. The van der Waals surface area contributed by atoms with Crippen LogP contribution in [0.1, 0.15) is 25.3 Å². The molecule has 0 aliphatic carbocycles. The Kier molecular flexibility index (Phi) is 7.91. The van der Waals surface area contributed by atoms with Crippen LogP contribution in [0.3, 0.4) is 0 Å². The number of sulfonamides is 1. The van der Waals surface area contributed by atoms with Crippen LogP contribution in [0.5, 0.6) is 0 Å². The molecular formula is C22H27FN4O3S2. The number of benzene rings is 2. The van der Waals surface area contributed by atoms with Gasteiger partial charge in [-0.3, -0.25) is 4.79 Å². The van der Waals surface area contributed by atoms with Crippen LogP contribution in [0.4, 0.5) is 4.39 Å². The number of thioether (sulfide) groups is 1. The van der Waals surface area contributed by atoms with Crippen molar-refractivity contribution in [3.05, 3.63) is 53.8 Å². The van der Waals surface area contributed by atoms with Crippen LogP contribution in [-0.4, -0.2) is 48.0 Å². The van der Waals surface area contributed by atoms with E-state index < -0.39 is 10.0 Å². The first-order valence-electron chi connectivity index (χ1n) is 10.3. The predicted molar refractivity (Wildman–Crippen MR) is 124 cm³/mol. The number of imidazole rings is 1. The van der Waals surface area contributed by atoms with Gasteiger partial charge in [-0.05, 0) is 42.3 Å². The Hall–Kier alpha value is -2.43. The van der Waals surface area contributed by atoms with Gasteiger partial charge in [0.25, 0.3) is 0 Å². The minimum atomic E-state index is -3.56. The van der Waals surface area contributed by atoms with Crippen LogP contribution in [0.15, 0.2) is 52.5 Å². The standard InChI is InChI=1S/C22H27FN4O3S2/c1-4-5-12-27-20-11-10-18(32(29,30)26(2)3)13-19(20)25-22(27)31-15-21(28)24-14-16-6-8-17(23)9-7-16/h6-11,13H,4-5,12,14-15H2,1-3H3,(H,24,28). The Balaban J connectivity index is 1.76. The molecule has 0 aliphatic rings. The maximum Gasteiger partial charge on any atom is 0.242 e. The van der Waals surface area contributed by atoms with E-state index in [0.717, 1.165) is 30.5 Å². The third-order valence-corrected chi connectivity index (χ3v) is 7.72. The quantitative estimate of drug-likeness (QED) is 0.450. The number of nitrogens with one attached hydrogen (secondary N) is 1. The zero-order valence-electron chi connectivity index (χ0n) is 18.3. The van der Waals surface area contributed by atoms with Crippen LogP contribution >= 0.6 is 11.8 Å². The van der Waals surface area contributed by atoms with Crippen molar-refractivity contribution in [2.75, 3.05) is 19.8 Å². The lowest BCUT2D eigenvalue weighted by Gasteiger charge is -2.11. The van der Waals surface area contributed by atoms with E-state index >= 15 is 0 Å². The van der Waals surface area contributed by atoms with E-state index in [-0.39, 0.29) is 22.4 Å². The Morgan fingerprint density at radius 1 is 1.19 bits per heavy atom. The number of rotatable bonds is 10. The number of fused-ring (bicyclic) bond motifs is 1. The second-order valence-electron chi connectivity index (χ2n) is 7.53. The number of hydrogen-bond acceptors (Lipinski definition) is 5. The van der Waals surface area contributed by atoms with Gasteiger partial charge >= 0.3 is 0 Å². The van der Waals surface area contributed by atoms with Gasteiger partial charge in [-0.15, -0.1) is 0 Å². The molecule has 0 radical (unpaired) electrons. The summed E-state index contributed by atoms with van der Waals surface area (Å²) in [4.78, 5) is 17.1. The number of unbranched alkanes of at least 4 members (excludes halogenated alkanes) is 1. The van der Waals surface area contributed by atoms with E-state index in [0.29, 0.717) is 17.2 Å². The number of amides is 1. The summed E-state index contributed by atoms with van der Waals surface area (Å²) in [5.41, 5.74) is 2.23. The van der Waals surface area contributed by atoms with Crippen molar-refractivity contribution >= 4 is 38.7 Å². The highest BCUT2D eigenvalue weighted by molar-refractivity contribution is 7.99. The first kappa shape index (κ1) is 24.2. The summed E-state index contributed by atoms with van der Waals surface area (Å²) in [5.74, 6) is -0.313. The molecule has 10 heteroatoms. The topological polar surface area (TPSA) is 84.3 Å². The van der Waals surface area contributed by atoms with E-state index in [1.165, 1.54) is 42.3 Å². The predicted octanol–water partition coefficient (Wildman–Crippen LogP) is 3.63. The molecule has 0 spiro atoms. The smallest absolute Gasteiger partial charge is 0.242 e. The van der Waals surface area contributed by atoms with E-state index in [1.807, 2.05) is 4.57 Å². The summed E-state index contributed by atoms with van der Waals surface area (Å²) in [6.07, 6.45) is 1.93. The summed E-state index contributed by atoms with van der Waals surface area (Å²) in [6, 6.07) is 10.9. The van der Waals surface area contributed by atoms with Crippen molar-refractivity contribution in [2.24, 2.45) is 0 Å². The second kappa shape index (κ2) is 10.5. The van der Waals surface area contributed by atoms with Crippen molar-refractivity contribution < 1.29 is 17.6 Å². The molecule has 1 heterocycles. The molecule has 0 saturated heterocycles. The Bertz CT molecular complexity index is 1190. The maximum absolute atomic E-state index is 13.0. The Morgan fingerprint density at radius 2 is 1.91 bits per heavy atom. The lowest BCUT2D eigenvalue weighted by molar-refractivity contribution is -0.118. The average molecular weight is 479 g/mol. The molecule has 0 unspecified atom stereocenters. The highest BCUT2D eigenvalue weighted by Gasteiger charge is 2.20. The normalized spacial score (nSPS) is 11.9. The lowest BCUT2D eigenvalue weighted by Crippen LogP contribution is -2.24. The Morgan fingerprint density at radius 3 is 2.56 bits per heavy atom. The summed E-state index contributed by atoms with van der Waals surface area (Å²) < 4.78 is 41.2. The number of nitrogens with zero attached hydrogens (tertiary/aromatic N) is 3. The molecule has 3 aromatic rings. The second-order valence-corrected chi connectivity index (χ2v) is 10.6. The van der Waals surface area contributed by atoms with Gasteiger partial charge in [-0.25, -0.2) is 22.1 Å². The number of hydrogen-bond donors (Lipinski definition) is 1. The largest absolute Gasteiger partial charge is 0.351 e. The first-order valence-corrected chi connectivity index (χ1v) is 12.7. The molecule has 3 rings (SSSR count). The number of carbonyl (C=O) groups excluding carboxylic acids is 1. The molecule has 7 nitrogen and oxygen atoms in total. The van der Waals surface area contributed by atoms with E-state index in [9.17, 15) is 17.6 Å². The van der Waals surface area contributed by atoms with Crippen LogP contribution in [0.2, 0.25) is 0 Å². The van der Waals surface area contributed by atoms with Gasteiger partial charge in [0.05, 0.1) is 21.7 Å². The average Bonchev–Trinajstić information content (AvgIpc) is 3.12. The van der Waals surface area contributed by atoms with Crippen molar-refractivity contribution in [1.29, 1.82) is 0 Å². The van der Waals surface area contributed by atoms with E-state index in [4.69, 9.17) is 0 Å². The number of carbonyl (C=O) groups is 1. The van der Waals surface area contributed by atoms with Crippen molar-refractivity contribution in [1.82, 2.24) is 19.2 Å². The molecule has 2 aromatic carbocycles. The van der Waals surface area contributed by atoms with Crippen LogP contribution in [-0.2, 0) is 27.9 Å². The van der Waals surface area contributed by atoms with E-state index in [1.54, 1.807) is 30.3 Å². The maximum atomic E-state index is 13.0. The molecule has 172 valence electrons. The fourth-order valence-electron chi connectivity index (χ4n) is 3.09. The van der Waals surface area contributed by atoms with Gasteiger partial charge in [-0.1, -0.05) is 37.2 Å². The van der Waals surface area contributed by atoms with Gasteiger partial charge in [0.15, 0.2) is 5.16 Å². The lowest BCUT2D eigenvalue weighted by atomic mass is 10.2. The molecule has 1 N–H and O–H groups in total. The van der Waals surface area contributed by atoms with Crippen molar-refractivity contribution in [2.45, 2.75) is 42.9 Å². The van der Waals surface area contributed by atoms with Gasteiger partial charge in [0.1, 0.15) is 5.82 Å². The summed E-state index contributed by atoms with van der Waals surface area (Å²) >= 11 is 1.31. The third-order valence-electron chi connectivity index (χ3n) is 4.93. The highest BCUT2D eigenvalue weighted by atomic mass is 32.2. The molecule has 32 heavy (non-hydrogen) atoms. The fourth-order valence-corrected chi connectivity index (χ4v) is 4.88. The molecule has 0 fully saturated rings. The Labute approximate surface area is 192 Å². The van der Waals surface area contributed by atoms with Gasteiger partial charge in [0, 0.05) is 27.2 Å². The van der Waals surface area contributed by atoms with Gasteiger partial charge in [0.2, 0.25) is 15.9 Å². The van der Waals surface area contributed by atoms with Gasteiger partial charge < -0.3 is 9.88 Å². The number of halogens is 1.